The van der Waals surface area contributed by atoms with Gasteiger partial charge in [0.25, 0.3) is 5.69 Å². The summed E-state index contributed by atoms with van der Waals surface area (Å²) < 4.78 is 0. The van der Waals surface area contributed by atoms with Crippen LogP contribution in [0.3, 0.4) is 0 Å². The van der Waals surface area contributed by atoms with Crippen molar-refractivity contribution in [2.75, 3.05) is 28.7 Å². The topological polar surface area (TPSA) is 121 Å². The standard InChI is InChI=1S/C29H28Cl2N8O2/c1-19-7-9-22(10-8-19)33-27-34-28(37-32-18-23-24(30)11-12-25(26(23)31)39(40)41)36-29(35-27)38-15-13-21(14-16-38)17-20-5-3-2-4-6-20/h2-12,18,21H,13-17H2,1H3,(H2,33,34,35,36,37). The van der Waals surface area contributed by atoms with Crippen molar-refractivity contribution >= 4 is 58.6 Å². The van der Waals surface area contributed by atoms with Gasteiger partial charge in [0.15, 0.2) is 0 Å². The lowest BCUT2D eigenvalue weighted by molar-refractivity contribution is -0.384. The van der Waals surface area contributed by atoms with Crippen LogP contribution in [0.25, 0.3) is 0 Å². The van der Waals surface area contributed by atoms with Gasteiger partial charge in [0.1, 0.15) is 5.02 Å². The molecule has 0 atom stereocenters. The number of benzene rings is 3. The minimum Gasteiger partial charge on any atom is -0.341 e. The lowest BCUT2D eigenvalue weighted by Crippen LogP contribution is -2.35. The van der Waals surface area contributed by atoms with E-state index in [1.54, 1.807) is 0 Å². The second-order valence-electron chi connectivity index (χ2n) is 9.82. The minimum atomic E-state index is -0.576. The smallest absolute Gasteiger partial charge is 0.288 e. The molecule has 210 valence electrons. The van der Waals surface area contributed by atoms with Crippen molar-refractivity contribution in [3.63, 3.8) is 0 Å². The fraction of sp³-hybridized carbons (Fsp3) is 0.241. The van der Waals surface area contributed by atoms with E-state index >= 15 is 0 Å². The van der Waals surface area contributed by atoms with Crippen molar-refractivity contribution < 1.29 is 4.92 Å². The first-order valence-electron chi connectivity index (χ1n) is 13.2. The highest BCUT2D eigenvalue weighted by atomic mass is 35.5. The van der Waals surface area contributed by atoms with Gasteiger partial charge in [-0.25, -0.2) is 5.43 Å². The van der Waals surface area contributed by atoms with Crippen LogP contribution >= 0.6 is 23.2 Å². The summed E-state index contributed by atoms with van der Waals surface area (Å²) in [5.74, 6) is 1.67. The zero-order chi connectivity index (χ0) is 28.8. The van der Waals surface area contributed by atoms with Gasteiger partial charge in [-0.3, -0.25) is 10.1 Å². The molecular weight excluding hydrogens is 563 g/mol. The summed E-state index contributed by atoms with van der Waals surface area (Å²) in [6.07, 6.45) is 4.40. The molecule has 1 aliphatic rings. The fourth-order valence-corrected chi connectivity index (χ4v) is 5.17. The Kier molecular flexibility index (Phi) is 8.91. The van der Waals surface area contributed by atoms with Crippen LogP contribution in [0.15, 0.2) is 71.8 Å². The molecule has 12 heteroatoms. The van der Waals surface area contributed by atoms with E-state index in [-0.39, 0.29) is 27.2 Å². The highest BCUT2D eigenvalue weighted by Gasteiger charge is 2.23. The number of nitro groups is 1. The molecule has 0 unspecified atom stereocenters. The Morgan fingerprint density at radius 3 is 2.41 bits per heavy atom. The number of aryl methyl sites for hydroxylation is 1. The quantitative estimate of drug-likeness (QED) is 0.121. The Bertz CT molecular complexity index is 1540. The maximum absolute atomic E-state index is 11.3. The van der Waals surface area contributed by atoms with Crippen molar-refractivity contribution in [2.24, 2.45) is 11.0 Å². The van der Waals surface area contributed by atoms with Gasteiger partial charge in [-0.2, -0.15) is 20.1 Å². The predicted molar refractivity (Wildman–Crippen MR) is 164 cm³/mol. The third-order valence-electron chi connectivity index (χ3n) is 6.86. The van der Waals surface area contributed by atoms with Crippen LogP contribution in [0, 0.1) is 23.0 Å². The van der Waals surface area contributed by atoms with E-state index < -0.39 is 4.92 Å². The molecule has 1 saturated heterocycles. The molecule has 3 aromatic carbocycles. The molecule has 10 nitrogen and oxygen atoms in total. The Morgan fingerprint density at radius 2 is 1.71 bits per heavy atom. The van der Waals surface area contributed by atoms with Crippen LogP contribution in [-0.2, 0) is 6.42 Å². The van der Waals surface area contributed by atoms with E-state index in [9.17, 15) is 10.1 Å². The van der Waals surface area contributed by atoms with Crippen molar-refractivity contribution in [1.29, 1.82) is 0 Å². The first-order chi connectivity index (χ1) is 19.9. The summed E-state index contributed by atoms with van der Waals surface area (Å²) in [6, 6.07) is 21.1. The van der Waals surface area contributed by atoms with E-state index in [4.69, 9.17) is 28.2 Å². The van der Waals surface area contributed by atoms with Crippen molar-refractivity contribution in [3.8, 4) is 0 Å². The van der Waals surface area contributed by atoms with Gasteiger partial charge < -0.3 is 10.2 Å². The molecule has 0 radical (unpaired) electrons. The predicted octanol–water partition coefficient (Wildman–Crippen LogP) is 7.04. The number of anilines is 4. The number of piperidine rings is 1. The molecule has 1 aliphatic heterocycles. The number of aromatic nitrogens is 3. The van der Waals surface area contributed by atoms with Gasteiger partial charge >= 0.3 is 0 Å². The van der Waals surface area contributed by atoms with Crippen molar-refractivity contribution in [1.82, 2.24) is 15.0 Å². The van der Waals surface area contributed by atoms with Crippen LogP contribution in [0.1, 0.15) is 29.5 Å². The Morgan fingerprint density at radius 1 is 1.00 bits per heavy atom. The molecule has 1 fully saturated rings. The third kappa shape index (κ3) is 7.27. The highest BCUT2D eigenvalue weighted by Crippen LogP contribution is 2.32. The summed E-state index contributed by atoms with van der Waals surface area (Å²) >= 11 is 12.4. The molecule has 0 saturated carbocycles. The van der Waals surface area contributed by atoms with E-state index in [0.29, 0.717) is 17.8 Å². The second kappa shape index (κ2) is 12.9. The molecule has 0 spiro atoms. The van der Waals surface area contributed by atoms with Crippen LogP contribution in [0.4, 0.5) is 29.2 Å². The molecule has 2 N–H and O–H groups in total. The fourth-order valence-electron chi connectivity index (χ4n) is 4.63. The van der Waals surface area contributed by atoms with E-state index in [2.05, 4.69) is 55.0 Å². The number of halogens is 2. The molecule has 41 heavy (non-hydrogen) atoms. The molecular formula is C29H28Cl2N8O2. The Balaban J connectivity index is 1.35. The van der Waals surface area contributed by atoms with Crippen molar-refractivity contribution in [2.45, 2.75) is 26.2 Å². The van der Waals surface area contributed by atoms with Gasteiger partial charge in [-0.05, 0) is 55.9 Å². The molecule has 0 bridgehead atoms. The average Bonchev–Trinajstić information content (AvgIpc) is 2.97. The summed E-state index contributed by atoms with van der Waals surface area (Å²) in [4.78, 5) is 26.6. The Hall–Kier alpha value is -4.28. The van der Waals surface area contributed by atoms with Crippen LogP contribution < -0.4 is 15.6 Å². The molecule has 0 amide bonds. The monoisotopic (exact) mass is 590 g/mol. The van der Waals surface area contributed by atoms with Gasteiger partial charge in [0.05, 0.1) is 16.2 Å². The SMILES string of the molecule is Cc1ccc(Nc2nc(NN=Cc3c(Cl)ccc([N+](=O)[O-])c3Cl)nc(N3CCC(Cc4ccccc4)CC3)n2)cc1. The zero-order valence-corrected chi connectivity index (χ0v) is 23.8. The van der Waals surface area contributed by atoms with Crippen LogP contribution in [0.5, 0.6) is 0 Å². The second-order valence-corrected chi connectivity index (χ2v) is 10.6. The summed E-state index contributed by atoms with van der Waals surface area (Å²) in [7, 11) is 0. The third-order valence-corrected chi connectivity index (χ3v) is 7.58. The summed E-state index contributed by atoms with van der Waals surface area (Å²) in [5, 5.41) is 18.8. The first kappa shape index (κ1) is 28.3. The summed E-state index contributed by atoms with van der Waals surface area (Å²) in [6.45, 7) is 3.65. The first-order valence-corrected chi connectivity index (χ1v) is 13.9. The van der Waals surface area contributed by atoms with Crippen molar-refractivity contribution in [3.05, 3.63) is 104 Å². The molecule has 5 rings (SSSR count). The number of nitrogens with one attached hydrogen (secondary N) is 2. The number of rotatable bonds is 9. The number of hydrogen-bond donors (Lipinski definition) is 2. The number of nitrogens with zero attached hydrogens (tertiary/aromatic N) is 6. The normalized spacial score (nSPS) is 13.9. The van der Waals surface area contributed by atoms with Crippen LogP contribution in [0.2, 0.25) is 10.0 Å². The van der Waals surface area contributed by atoms with E-state index in [1.807, 2.05) is 37.3 Å². The maximum atomic E-state index is 11.3. The van der Waals surface area contributed by atoms with Gasteiger partial charge in [-0.15, -0.1) is 0 Å². The van der Waals surface area contributed by atoms with E-state index in [1.165, 1.54) is 23.9 Å². The molecule has 2 heterocycles. The molecule has 0 aliphatic carbocycles. The van der Waals surface area contributed by atoms with Gasteiger partial charge in [0, 0.05) is 30.4 Å². The number of hydrazone groups is 1. The number of hydrogen-bond acceptors (Lipinski definition) is 9. The van der Waals surface area contributed by atoms with Gasteiger partial charge in [-0.1, -0.05) is 71.2 Å². The lowest BCUT2D eigenvalue weighted by Gasteiger charge is -2.32. The largest absolute Gasteiger partial charge is 0.341 e. The maximum Gasteiger partial charge on any atom is 0.288 e. The average molecular weight is 592 g/mol. The molecule has 4 aromatic rings. The summed E-state index contributed by atoms with van der Waals surface area (Å²) in [5.41, 5.74) is 6.08. The zero-order valence-electron chi connectivity index (χ0n) is 22.3. The Labute approximate surface area is 247 Å². The van der Waals surface area contributed by atoms with E-state index in [0.717, 1.165) is 43.6 Å². The minimum absolute atomic E-state index is 0.107. The lowest BCUT2D eigenvalue weighted by atomic mass is 9.90. The number of nitro benzene ring substituents is 1. The van der Waals surface area contributed by atoms with Crippen LogP contribution in [-0.4, -0.2) is 39.2 Å². The highest BCUT2D eigenvalue weighted by molar-refractivity contribution is 6.40. The molecule has 1 aromatic heterocycles. The van der Waals surface area contributed by atoms with Gasteiger partial charge in [0.2, 0.25) is 17.8 Å².